The molecule has 0 spiro atoms. The van der Waals surface area contributed by atoms with Crippen LogP contribution in [-0.4, -0.2) is 16.1 Å². The summed E-state index contributed by atoms with van der Waals surface area (Å²) in [6.07, 6.45) is 2.79. The van der Waals surface area contributed by atoms with Gasteiger partial charge in [-0.3, -0.25) is 4.79 Å². The number of anilines is 1. The maximum atomic E-state index is 11.6. The largest absolute Gasteiger partial charge is 0.300 e. The number of rotatable bonds is 5. The molecule has 1 rings (SSSR count). The third-order valence-corrected chi connectivity index (χ3v) is 3.15. The molecule has 5 heteroatoms. The minimum Gasteiger partial charge on any atom is -0.300 e. The summed E-state index contributed by atoms with van der Waals surface area (Å²) in [5.41, 5.74) is 0. The Balaban J connectivity index is 2.50. The Morgan fingerprint density at radius 2 is 2.20 bits per heavy atom. The summed E-state index contributed by atoms with van der Waals surface area (Å²) >= 11 is 1.44. The van der Waals surface area contributed by atoms with E-state index in [0.29, 0.717) is 5.13 Å². The summed E-state index contributed by atoms with van der Waals surface area (Å²) in [7, 11) is 0. The van der Waals surface area contributed by atoms with Crippen LogP contribution in [0.15, 0.2) is 0 Å². The van der Waals surface area contributed by atoms with Gasteiger partial charge in [0.15, 0.2) is 0 Å². The minimum absolute atomic E-state index is 0.0376. The summed E-state index contributed by atoms with van der Waals surface area (Å²) in [4.78, 5) is 11.6. The number of hydrogen-bond acceptors (Lipinski definition) is 4. The number of carbonyl (C=O) groups is 1. The van der Waals surface area contributed by atoms with Crippen molar-refractivity contribution in [3.05, 3.63) is 5.01 Å². The second-order valence-corrected chi connectivity index (χ2v) is 4.60. The van der Waals surface area contributed by atoms with Gasteiger partial charge in [0.1, 0.15) is 5.01 Å². The van der Waals surface area contributed by atoms with Crippen molar-refractivity contribution in [2.75, 3.05) is 5.32 Å². The molecule has 15 heavy (non-hydrogen) atoms. The Labute approximate surface area is 94.1 Å². The topological polar surface area (TPSA) is 54.9 Å². The second-order valence-electron chi connectivity index (χ2n) is 3.53. The number of carbonyl (C=O) groups excluding carboxylic acids is 1. The maximum Gasteiger partial charge on any atom is 0.229 e. The zero-order valence-corrected chi connectivity index (χ0v) is 10.2. The first kappa shape index (κ1) is 12.1. The molecular weight excluding hydrogens is 210 g/mol. The maximum absolute atomic E-state index is 11.6. The normalized spacial score (nSPS) is 12.5. The van der Waals surface area contributed by atoms with E-state index >= 15 is 0 Å². The van der Waals surface area contributed by atoms with Crippen molar-refractivity contribution in [1.82, 2.24) is 10.2 Å². The molecule has 0 bridgehead atoms. The smallest absolute Gasteiger partial charge is 0.229 e. The van der Waals surface area contributed by atoms with Gasteiger partial charge in [-0.05, 0) is 12.8 Å². The molecule has 0 unspecified atom stereocenters. The Morgan fingerprint density at radius 3 is 2.73 bits per heavy atom. The van der Waals surface area contributed by atoms with E-state index in [0.717, 1.165) is 24.3 Å². The van der Waals surface area contributed by atoms with Crippen molar-refractivity contribution < 1.29 is 4.79 Å². The summed E-state index contributed by atoms with van der Waals surface area (Å²) in [6, 6.07) is 0. The molecule has 1 heterocycles. The van der Waals surface area contributed by atoms with Crippen LogP contribution in [0, 0.1) is 5.92 Å². The quantitative estimate of drug-likeness (QED) is 0.840. The minimum atomic E-state index is 0.0376. The second kappa shape index (κ2) is 5.80. The van der Waals surface area contributed by atoms with Crippen molar-refractivity contribution in [1.29, 1.82) is 0 Å². The Hall–Kier alpha value is -0.970. The van der Waals surface area contributed by atoms with E-state index in [1.54, 1.807) is 0 Å². The molecule has 84 valence electrons. The van der Waals surface area contributed by atoms with E-state index in [1.807, 2.05) is 13.8 Å². The number of amides is 1. The van der Waals surface area contributed by atoms with Gasteiger partial charge in [-0.15, -0.1) is 10.2 Å². The van der Waals surface area contributed by atoms with E-state index in [9.17, 15) is 4.79 Å². The fourth-order valence-electron chi connectivity index (χ4n) is 1.24. The van der Waals surface area contributed by atoms with Crippen LogP contribution in [0.2, 0.25) is 0 Å². The summed E-state index contributed by atoms with van der Waals surface area (Å²) in [5.74, 6) is 0.0830. The highest BCUT2D eigenvalue weighted by Crippen LogP contribution is 2.17. The highest BCUT2D eigenvalue weighted by atomic mass is 32.1. The first-order chi connectivity index (χ1) is 7.17. The molecule has 4 nitrogen and oxygen atoms in total. The molecule has 0 aliphatic rings. The van der Waals surface area contributed by atoms with Crippen molar-refractivity contribution in [3.8, 4) is 0 Å². The number of aromatic nitrogens is 2. The van der Waals surface area contributed by atoms with Gasteiger partial charge in [0, 0.05) is 5.92 Å². The van der Waals surface area contributed by atoms with E-state index in [2.05, 4.69) is 22.4 Å². The molecule has 1 N–H and O–H groups in total. The SMILES string of the molecule is CCC[C@@H](C)C(=O)Nc1nnc(CC)s1. The molecule has 0 fully saturated rings. The van der Waals surface area contributed by atoms with Gasteiger partial charge >= 0.3 is 0 Å². The fourth-order valence-corrected chi connectivity index (χ4v) is 1.92. The molecular formula is C10H17N3OS. The zero-order valence-electron chi connectivity index (χ0n) is 9.41. The third-order valence-electron chi connectivity index (χ3n) is 2.17. The highest BCUT2D eigenvalue weighted by Gasteiger charge is 2.13. The van der Waals surface area contributed by atoms with Crippen LogP contribution in [-0.2, 0) is 11.2 Å². The van der Waals surface area contributed by atoms with E-state index < -0.39 is 0 Å². The van der Waals surface area contributed by atoms with E-state index in [1.165, 1.54) is 11.3 Å². The fraction of sp³-hybridized carbons (Fsp3) is 0.700. The van der Waals surface area contributed by atoms with Crippen molar-refractivity contribution in [2.24, 2.45) is 5.92 Å². The summed E-state index contributed by atoms with van der Waals surface area (Å²) in [6.45, 7) is 6.02. The summed E-state index contributed by atoms with van der Waals surface area (Å²) < 4.78 is 0. The Kier molecular flexibility index (Phi) is 4.68. The van der Waals surface area contributed by atoms with Crippen LogP contribution >= 0.6 is 11.3 Å². The predicted molar refractivity (Wildman–Crippen MR) is 62.0 cm³/mol. The highest BCUT2D eigenvalue weighted by molar-refractivity contribution is 7.15. The lowest BCUT2D eigenvalue weighted by molar-refractivity contribution is -0.119. The number of hydrogen-bond donors (Lipinski definition) is 1. The van der Waals surface area contributed by atoms with Gasteiger partial charge in [-0.2, -0.15) is 0 Å². The van der Waals surface area contributed by atoms with E-state index in [-0.39, 0.29) is 11.8 Å². The van der Waals surface area contributed by atoms with Crippen LogP contribution < -0.4 is 5.32 Å². The molecule has 0 aliphatic carbocycles. The standard InChI is InChI=1S/C10H17N3OS/c1-4-6-7(3)9(14)11-10-13-12-8(5-2)15-10/h7H,4-6H2,1-3H3,(H,11,13,14)/t7-/m1/s1. The first-order valence-electron chi connectivity index (χ1n) is 5.30. The lowest BCUT2D eigenvalue weighted by Gasteiger charge is -2.07. The molecule has 0 saturated carbocycles. The Bertz CT molecular complexity index is 324. The average Bonchev–Trinajstić information content (AvgIpc) is 2.66. The average molecular weight is 227 g/mol. The van der Waals surface area contributed by atoms with Gasteiger partial charge in [0.05, 0.1) is 0 Å². The predicted octanol–water partition coefficient (Wildman–Crippen LogP) is 2.48. The molecule has 1 amide bonds. The van der Waals surface area contributed by atoms with Crippen molar-refractivity contribution in [2.45, 2.75) is 40.0 Å². The monoisotopic (exact) mass is 227 g/mol. The van der Waals surface area contributed by atoms with Crippen LogP contribution in [0.4, 0.5) is 5.13 Å². The van der Waals surface area contributed by atoms with Crippen LogP contribution in [0.25, 0.3) is 0 Å². The van der Waals surface area contributed by atoms with Crippen molar-refractivity contribution in [3.63, 3.8) is 0 Å². The molecule has 0 radical (unpaired) electrons. The molecule has 0 aliphatic heterocycles. The van der Waals surface area contributed by atoms with Crippen molar-refractivity contribution >= 4 is 22.4 Å². The lowest BCUT2D eigenvalue weighted by atomic mass is 10.1. The third kappa shape index (κ3) is 3.58. The van der Waals surface area contributed by atoms with Gasteiger partial charge < -0.3 is 5.32 Å². The number of nitrogens with one attached hydrogen (secondary N) is 1. The molecule has 1 aromatic rings. The molecule has 1 atom stereocenters. The molecule has 0 saturated heterocycles. The summed E-state index contributed by atoms with van der Waals surface area (Å²) in [5, 5.41) is 12.2. The van der Waals surface area contributed by atoms with E-state index in [4.69, 9.17) is 0 Å². The molecule has 0 aromatic carbocycles. The number of aryl methyl sites for hydroxylation is 1. The van der Waals surface area contributed by atoms with Crippen LogP contribution in [0.3, 0.4) is 0 Å². The Morgan fingerprint density at radius 1 is 1.47 bits per heavy atom. The zero-order chi connectivity index (χ0) is 11.3. The number of nitrogens with zero attached hydrogens (tertiary/aromatic N) is 2. The van der Waals surface area contributed by atoms with Crippen LogP contribution in [0.5, 0.6) is 0 Å². The van der Waals surface area contributed by atoms with Gasteiger partial charge in [-0.25, -0.2) is 0 Å². The van der Waals surface area contributed by atoms with Gasteiger partial charge in [0.2, 0.25) is 11.0 Å². The molecule has 1 aromatic heterocycles. The van der Waals surface area contributed by atoms with Gasteiger partial charge in [-0.1, -0.05) is 38.5 Å². The first-order valence-corrected chi connectivity index (χ1v) is 6.12. The van der Waals surface area contributed by atoms with Gasteiger partial charge in [0.25, 0.3) is 0 Å². The van der Waals surface area contributed by atoms with Crippen LogP contribution in [0.1, 0.15) is 38.6 Å². The lowest BCUT2D eigenvalue weighted by Crippen LogP contribution is -2.20.